The SMILES string of the molecule is CCSC(=O)OC1/C=C/C(OC(C)(C)C)CCC(O)C1. The molecule has 20 heavy (non-hydrogen) atoms. The number of carbonyl (C=O) groups is 1. The van der Waals surface area contributed by atoms with Crippen LogP contribution in [0.1, 0.15) is 47.0 Å². The molecule has 0 bridgehead atoms. The molecule has 0 spiro atoms. The van der Waals surface area contributed by atoms with Crippen molar-refractivity contribution in [2.24, 2.45) is 0 Å². The third-order valence-corrected chi connectivity index (χ3v) is 3.46. The van der Waals surface area contributed by atoms with E-state index in [0.29, 0.717) is 18.6 Å². The summed E-state index contributed by atoms with van der Waals surface area (Å²) in [4.78, 5) is 11.5. The quantitative estimate of drug-likeness (QED) is 0.638. The fourth-order valence-electron chi connectivity index (χ4n) is 2.08. The second kappa shape index (κ2) is 8.05. The van der Waals surface area contributed by atoms with Gasteiger partial charge in [0.1, 0.15) is 6.10 Å². The van der Waals surface area contributed by atoms with E-state index >= 15 is 0 Å². The molecule has 0 radical (unpaired) electrons. The van der Waals surface area contributed by atoms with Crippen LogP contribution in [0.2, 0.25) is 0 Å². The van der Waals surface area contributed by atoms with Crippen LogP contribution in [-0.2, 0) is 9.47 Å². The fourth-order valence-corrected chi connectivity index (χ4v) is 2.51. The lowest BCUT2D eigenvalue weighted by Gasteiger charge is -2.28. The van der Waals surface area contributed by atoms with Gasteiger partial charge in [0.2, 0.25) is 0 Å². The van der Waals surface area contributed by atoms with Crippen molar-refractivity contribution in [2.75, 3.05) is 5.75 Å². The van der Waals surface area contributed by atoms with Crippen molar-refractivity contribution in [1.29, 1.82) is 0 Å². The van der Waals surface area contributed by atoms with Gasteiger partial charge in [0, 0.05) is 12.2 Å². The molecular formula is C15H26O4S. The van der Waals surface area contributed by atoms with E-state index in [9.17, 15) is 9.90 Å². The zero-order valence-electron chi connectivity index (χ0n) is 12.8. The third-order valence-electron chi connectivity index (χ3n) is 2.84. The lowest BCUT2D eigenvalue weighted by atomic mass is 9.99. The molecule has 1 aliphatic carbocycles. The zero-order valence-corrected chi connectivity index (χ0v) is 13.6. The molecule has 0 aromatic heterocycles. The summed E-state index contributed by atoms with van der Waals surface area (Å²) >= 11 is 1.14. The number of aliphatic hydroxyl groups excluding tert-OH is 1. The number of hydrogen-bond donors (Lipinski definition) is 1. The van der Waals surface area contributed by atoms with Crippen molar-refractivity contribution in [3.63, 3.8) is 0 Å². The third kappa shape index (κ3) is 7.31. The Hall–Kier alpha value is -0.520. The first-order valence-electron chi connectivity index (χ1n) is 7.17. The molecule has 0 aliphatic heterocycles. The summed E-state index contributed by atoms with van der Waals surface area (Å²) in [5.74, 6) is 0.688. The average Bonchev–Trinajstić information content (AvgIpc) is 2.29. The Bertz CT molecular complexity index is 335. The van der Waals surface area contributed by atoms with E-state index in [4.69, 9.17) is 9.47 Å². The highest BCUT2D eigenvalue weighted by atomic mass is 32.2. The molecule has 5 heteroatoms. The maximum atomic E-state index is 11.5. The Labute approximate surface area is 125 Å². The van der Waals surface area contributed by atoms with Crippen LogP contribution in [0.4, 0.5) is 4.79 Å². The van der Waals surface area contributed by atoms with Crippen LogP contribution in [-0.4, -0.2) is 40.1 Å². The van der Waals surface area contributed by atoms with Gasteiger partial charge < -0.3 is 14.6 Å². The lowest BCUT2D eigenvalue weighted by Crippen LogP contribution is -2.30. The second-order valence-corrected chi connectivity index (χ2v) is 7.16. The van der Waals surface area contributed by atoms with Crippen LogP contribution in [0.15, 0.2) is 12.2 Å². The van der Waals surface area contributed by atoms with E-state index in [1.54, 1.807) is 0 Å². The smallest absolute Gasteiger partial charge is 0.367 e. The molecule has 0 aromatic rings. The number of aliphatic hydroxyl groups is 1. The van der Waals surface area contributed by atoms with E-state index in [2.05, 4.69) is 0 Å². The Kier molecular flexibility index (Phi) is 7.06. The van der Waals surface area contributed by atoms with E-state index in [1.807, 2.05) is 39.8 Å². The van der Waals surface area contributed by atoms with Crippen molar-refractivity contribution in [1.82, 2.24) is 0 Å². The summed E-state index contributed by atoms with van der Waals surface area (Å²) in [5, 5.41) is 9.67. The van der Waals surface area contributed by atoms with E-state index < -0.39 is 6.10 Å². The summed E-state index contributed by atoms with van der Waals surface area (Å²) in [5.41, 5.74) is -0.233. The summed E-state index contributed by atoms with van der Waals surface area (Å²) in [6.45, 7) is 7.92. The molecule has 0 fully saturated rings. The highest BCUT2D eigenvalue weighted by molar-refractivity contribution is 8.13. The van der Waals surface area contributed by atoms with Gasteiger partial charge in [0.05, 0.1) is 17.8 Å². The standard InChI is InChI=1S/C15H26O4S/c1-5-20-14(17)18-13-9-8-12(19-15(2,3)4)7-6-11(16)10-13/h8-9,11-13,16H,5-7,10H2,1-4H3/b9-8+. The Morgan fingerprint density at radius 2 is 1.95 bits per heavy atom. The van der Waals surface area contributed by atoms with E-state index in [-0.39, 0.29) is 23.1 Å². The molecule has 0 aromatic carbocycles. The monoisotopic (exact) mass is 302 g/mol. The average molecular weight is 302 g/mol. The highest BCUT2D eigenvalue weighted by Gasteiger charge is 2.23. The minimum absolute atomic E-state index is 0.0509. The molecular weight excluding hydrogens is 276 g/mol. The first-order valence-corrected chi connectivity index (χ1v) is 8.16. The molecule has 0 heterocycles. The summed E-state index contributed by atoms with van der Waals surface area (Å²) in [7, 11) is 0. The molecule has 3 unspecified atom stereocenters. The van der Waals surface area contributed by atoms with Gasteiger partial charge in [0.25, 0.3) is 0 Å². The molecule has 116 valence electrons. The molecule has 1 rings (SSSR count). The topological polar surface area (TPSA) is 55.8 Å². The minimum Gasteiger partial charge on any atom is -0.450 e. The maximum Gasteiger partial charge on any atom is 0.367 e. The number of ether oxygens (including phenoxy) is 2. The molecule has 0 amide bonds. The van der Waals surface area contributed by atoms with Crippen LogP contribution < -0.4 is 0 Å². The van der Waals surface area contributed by atoms with Crippen molar-refractivity contribution in [3.05, 3.63) is 12.2 Å². The van der Waals surface area contributed by atoms with Crippen molar-refractivity contribution < 1.29 is 19.4 Å². The first-order chi connectivity index (χ1) is 9.30. The van der Waals surface area contributed by atoms with Gasteiger partial charge in [-0.05, 0) is 51.5 Å². The Morgan fingerprint density at radius 1 is 1.30 bits per heavy atom. The van der Waals surface area contributed by atoms with Crippen LogP contribution in [0.25, 0.3) is 0 Å². The van der Waals surface area contributed by atoms with Gasteiger partial charge >= 0.3 is 5.30 Å². The minimum atomic E-state index is -0.463. The first kappa shape index (κ1) is 17.5. The maximum absolute atomic E-state index is 11.5. The van der Waals surface area contributed by atoms with E-state index in [1.165, 1.54) is 0 Å². The second-order valence-electron chi connectivity index (χ2n) is 5.96. The summed E-state index contributed by atoms with van der Waals surface area (Å²) in [6, 6.07) is 0. The largest absolute Gasteiger partial charge is 0.450 e. The van der Waals surface area contributed by atoms with Gasteiger partial charge in [-0.2, -0.15) is 0 Å². The molecule has 1 N–H and O–H groups in total. The van der Waals surface area contributed by atoms with Crippen molar-refractivity contribution in [2.45, 2.75) is 70.9 Å². The van der Waals surface area contributed by atoms with Gasteiger partial charge in [0.15, 0.2) is 0 Å². The van der Waals surface area contributed by atoms with E-state index in [0.717, 1.165) is 18.2 Å². The van der Waals surface area contributed by atoms with Crippen molar-refractivity contribution in [3.8, 4) is 0 Å². The number of rotatable bonds is 3. The van der Waals surface area contributed by atoms with Crippen LogP contribution in [0.5, 0.6) is 0 Å². The number of thioether (sulfide) groups is 1. The fraction of sp³-hybridized carbons (Fsp3) is 0.800. The van der Waals surface area contributed by atoms with Crippen LogP contribution in [0.3, 0.4) is 0 Å². The summed E-state index contributed by atoms with van der Waals surface area (Å²) in [6.07, 6.45) is 4.79. The Balaban J connectivity index is 2.64. The predicted octanol–water partition coefficient (Wildman–Crippen LogP) is 3.53. The predicted molar refractivity (Wildman–Crippen MR) is 82.0 cm³/mol. The lowest BCUT2D eigenvalue weighted by molar-refractivity contribution is -0.0485. The molecule has 3 atom stereocenters. The summed E-state index contributed by atoms with van der Waals surface area (Å²) < 4.78 is 11.3. The normalized spacial score (nSPS) is 29.4. The van der Waals surface area contributed by atoms with Gasteiger partial charge in [-0.15, -0.1) is 0 Å². The highest BCUT2D eigenvalue weighted by Crippen LogP contribution is 2.22. The van der Waals surface area contributed by atoms with Crippen molar-refractivity contribution >= 4 is 17.1 Å². The Morgan fingerprint density at radius 3 is 2.55 bits per heavy atom. The van der Waals surface area contributed by atoms with Crippen LogP contribution in [0, 0.1) is 0 Å². The molecule has 0 saturated carbocycles. The van der Waals surface area contributed by atoms with Gasteiger partial charge in [-0.3, -0.25) is 0 Å². The molecule has 0 saturated heterocycles. The molecule has 4 nitrogen and oxygen atoms in total. The van der Waals surface area contributed by atoms with Gasteiger partial charge in [-0.25, -0.2) is 4.79 Å². The van der Waals surface area contributed by atoms with Crippen LogP contribution >= 0.6 is 11.8 Å². The van der Waals surface area contributed by atoms with Gasteiger partial charge in [-0.1, -0.05) is 13.0 Å². The molecule has 1 aliphatic rings. The zero-order chi connectivity index (χ0) is 15.2. The number of carbonyl (C=O) groups excluding carboxylic acids is 1. The number of hydrogen-bond acceptors (Lipinski definition) is 5.